The molecule has 3 heterocycles. The van der Waals surface area contributed by atoms with E-state index in [4.69, 9.17) is 0 Å². The van der Waals surface area contributed by atoms with Crippen LogP contribution in [0.4, 0.5) is 0 Å². The van der Waals surface area contributed by atoms with Gasteiger partial charge < -0.3 is 5.32 Å². The molecule has 5 heteroatoms. The molecule has 0 saturated carbocycles. The van der Waals surface area contributed by atoms with Crippen LogP contribution in [0.2, 0.25) is 0 Å². The molecule has 0 unspecified atom stereocenters. The van der Waals surface area contributed by atoms with Crippen molar-refractivity contribution < 1.29 is 0 Å². The predicted octanol–water partition coefficient (Wildman–Crippen LogP) is 1.68. The van der Waals surface area contributed by atoms with Crippen LogP contribution in [0.5, 0.6) is 0 Å². The number of nitrogens with one attached hydrogen (secondary N) is 1. The lowest BCUT2D eigenvalue weighted by Crippen LogP contribution is -2.42. The summed E-state index contributed by atoms with van der Waals surface area (Å²) in [6.07, 6.45) is 2.76. The van der Waals surface area contributed by atoms with Crippen molar-refractivity contribution in [2.45, 2.75) is 26.8 Å². The van der Waals surface area contributed by atoms with E-state index in [2.05, 4.69) is 10.3 Å². The molecule has 1 aliphatic heterocycles. The molecule has 0 radical (unpaired) electrons. The molecule has 0 bridgehead atoms. The van der Waals surface area contributed by atoms with Gasteiger partial charge in [-0.2, -0.15) is 0 Å². The Balaban J connectivity index is 1.94. The highest BCUT2D eigenvalue weighted by Crippen LogP contribution is 2.25. The SMILES string of the molecule is Cc1sc2ncn(CCC3CNC3)c(=O)c2c1C. The molecule has 0 atom stereocenters. The molecule has 1 N–H and O–H groups in total. The maximum atomic E-state index is 12.4. The standard InChI is InChI=1S/C13H17N3OS/c1-8-9(2)18-12-11(8)13(17)16(7-15-12)4-3-10-5-14-6-10/h7,10,14H,3-6H2,1-2H3. The van der Waals surface area contributed by atoms with Gasteiger partial charge in [-0.1, -0.05) is 0 Å². The first-order valence-corrected chi connectivity index (χ1v) is 7.14. The zero-order valence-electron chi connectivity index (χ0n) is 10.7. The summed E-state index contributed by atoms with van der Waals surface area (Å²) in [5.74, 6) is 0.720. The molecule has 0 amide bonds. The molecule has 1 saturated heterocycles. The molecule has 3 rings (SSSR count). The molecule has 0 aromatic carbocycles. The van der Waals surface area contributed by atoms with Crippen LogP contribution < -0.4 is 10.9 Å². The van der Waals surface area contributed by atoms with Gasteiger partial charge in [-0.3, -0.25) is 9.36 Å². The Bertz CT molecular complexity index is 639. The van der Waals surface area contributed by atoms with Crippen molar-refractivity contribution in [3.05, 3.63) is 27.1 Å². The predicted molar refractivity (Wildman–Crippen MR) is 74.3 cm³/mol. The Morgan fingerprint density at radius 2 is 2.28 bits per heavy atom. The Labute approximate surface area is 110 Å². The molecule has 0 aliphatic carbocycles. The van der Waals surface area contributed by atoms with Gasteiger partial charge in [0.1, 0.15) is 4.83 Å². The van der Waals surface area contributed by atoms with Crippen molar-refractivity contribution in [1.82, 2.24) is 14.9 Å². The molecule has 18 heavy (non-hydrogen) atoms. The van der Waals surface area contributed by atoms with Crippen LogP contribution in [0.1, 0.15) is 16.9 Å². The zero-order chi connectivity index (χ0) is 12.7. The van der Waals surface area contributed by atoms with Gasteiger partial charge in [-0.15, -0.1) is 11.3 Å². The van der Waals surface area contributed by atoms with Gasteiger partial charge in [0.2, 0.25) is 0 Å². The van der Waals surface area contributed by atoms with Crippen LogP contribution in [0.25, 0.3) is 10.2 Å². The van der Waals surface area contributed by atoms with Gasteiger partial charge in [0.15, 0.2) is 0 Å². The van der Waals surface area contributed by atoms with E-state index in [1.54, 1.807) is 22.2 Å². The molecule has 2 aromatic heterocycles. The molecule has 2 aromatic rings. The second-order valence-corrected chi connectivity index (χ2v) is 6.22. The number of aryl methyl sites for hydroxylation is 3. The summed E-state index contributed by atoms with van der Waals surface area (Å²) < 4.78 is 1.76. The lowest BCUT2D eigenvalue weighted by atomic mass is 9.99. The Hall–Kier alpha value is -1.20. The quantitative estimate of drug-likeness (QED) is 0.916. The van der Waals surface area contributed by atoms with Crippen molar-refractivity contribution in [3.63, 3.8) is 0 Å². The van der Waals surface area contributed by atoms with Crippen molar-refractivity contribution in [3.8, 4) is 0 Å². The van der Waals surface area contributed by atoms with Gasteiger partial charge in [0.05, 0.1) is 11.7 Å². The van der Waals surface area contributed by atoms with Crippen molar-refractivity contribution >= 4 is 21.6 Å². The van der Waals surface area contributed by atoms with E-state index >= 15 is 0 Å². The third kappa shape index (κ3) is 1.87. The lowest BCUT2D eigenvalue weighted by Gasteiger charge is -2.27. The molecular formula is C13H17N3OS. The minimum atomic E-state index is 0.120. The van der Waals surface area contributed by atoms with Crippen LogP contribution in [-0.2, 0) is 6.54 Å². The van der Waals surface area contributed by atoms with Crippen LogP contribution in [-0.4, -0.2) is 22.6 Å². The minimum absolute atomic E-state index is 0.120. The van der Waals surface area contributed by atoms with E-state index in [1.165, 1.54) is 4.88 Å². The maximum absolute atomic E-state index is 12.4. The lowest BCUT2D eigenvalue weighted by molar-refractivity contribution is 0.310. The van der Waals surface area contributed by atoms with Gasteiger partial charge in [-0.05, 0) is 44.8 Å². The maximum Gasteiger partial charge on any atom is 0.262 e. The van der Waals surface area contributed by atoms with Gasteiger partial charge in [0, 0.05) is 11.4 Å². The number of fused-ring (bicyclic) bond motifs is 1. The molecule has 1 aliphatic rings. The topological polar surface area (TPSA) is 46.9 Å². The summed E-state index contributed by atoms with van der Waals surface area (Å²) in [5.41, 5.74) is 1.21. The summed E-state index contributed by atoms with van der Waals surface area (Å²) in [6.45, 7) is 7.01. The fourth-order valence-electron chi connectivity index (χ4n) is 2.30. The highest BCUT2D eigenvalue weighted by atomic mass is 32.1. The largest absolute Gasteiger partial charge is 0.316 e. The van der Waals surface area contributed by atoms with E-state index in [1.807, 2.05) is 13.8 Å². The first-order chi connectivity index (χ1) is 8.66. The Kier molecular flexibility index (Phi) is 2.95. The Morgan fingerprint density at radius 3 is 2.94 bits per heavy atom. The first-order valence-electron chi connectivity index (χ1n) is 6.32. The molecule has 0 spiro atoms. The number of rotatable bonds is 3. The van der Waals surface area contributed by atoms with Crippen LogP contribution >= 0.6 is 11.3 Å². The second kappa shape index (κ2) is 4.48. The average molecular weight is 263 g/mol. The Morgan fingerprint density at radius 1 is 1.50 bits per heavy atom. The third-order valence-corrected chi connectivity index (χ3v) is 4.92. The fraction of sp³-hybridized carbons (Fsp3) is 0.538. The van der Waals surface area contributed by atoms with Crippen LogP contribution in [0.3, 0.4) is 0 Å². The second-order valence-electron chi connectivity index (χ2n) is 5.02. The van der Waals surface area contributed by atoms with Gasteiger partial charge in [-0.25, -0.2) is 4.98 Å². The van der Waals surface area contributed by atoms with E-state index in [0.717, 1.165) is 47.8 Å². The molecule has 96 valence electrons. The van der Waals surface area contributed by atoms with E-state index in [9.17, 15) is 4.79 Å². The summed E-state index contributed by atoms with van der Waals surface area (Å²) in [7, 11) is 0. The minimum Gasteiger partial charge on any atom is -0.316 e. The van der Waals surface area contributed by atoms with Crippen LogP contribution in [0, 0.1) is 19.8 Å². The normalized spacial score (nSPS) is 16.1. The highest BCUT2D eigenvalue weighted by molar-refractivity contribution is 7.18. The smallest absolute Gasteiger partial charge is 0.262 e. The van der Waals surface area contributed by atoms with E-state index in [0.29, 0.717) is 0 Å². The third-order valence-electron chi connectivity index (χ3n) is 3.80. The van der Waals surface area contributed by atoms with Gasteiger partial charge >= 0.3 is 0 Å². The summed E-state index contributed by atoms with van der Waals surface area (Å²) >= 11 is 1.61. The van der Waals surface area contributed by atoms with Crippen LogP contribution in [0.15, 0.2) is 11.1 Å². The highest BCUT2D eigenvalue weighted by Gasteiger charge is 2.17. The molecule has 1 fully saturated rings. The number of aromatic nitrogens is 2. The number of hydrogen-bond donors (Lipinski definition) is 1. The van der Waals surface area contributed by atoms with E-state index < -0.39 is 0 Å². The zero-order valence-corrected chi connectivity index (χ0v) is 11.5. The van der Waals surface area contributed by atoms with E-state index in [-0.39, 0.29) is 5.56 Å². The monoisotopic (exact) mass is 263 g/mol. The average Bonchev–Trinajstić information content (AvgIpc) is 2.57. The molecule has 4 nitrogen and oxygen atoms in total. The van der Waals surface area contributed by atoms with Crippen molar-refractivity contribution in [1.29, 1.82) is 0 Å². The summed E-state index contributed by atoms with van der Waals surface area (Å²) in [4.78, 5) is 18.9. The molecular weight excluding hydrogens is 246 g/mol. The number of nitrogens with zero attached hydrogens (tertiary/aromatic N) is 2. The first kappa shape index (κ1) is 11.9. The van der Waals surface area contributed by atoms with Gasteiger partial charge in [0.25, 0.3) is 5.56 Å². The van der Waals surface area contributed by atoms with Crippen molar-refractivity contribution in [2.75, 3.05) is 13.1 Å². The number of hydrogen-bond acceptors (Lipinski definition) is 4. The number of thiophene rings is 1. The summed E-state index contributed by atoms with van der Waals surface area (Å²) in [6, 6.07) is 0. The van der Waals surface area contributed by atoms with Crippen molar-refractivity contribution in [2.24, 2.45) is 5.92 Å². The fourth-order valence-corrected chi connectivity index (χ4v) is 3.29. The summed E-state index contributed by atoms with van der Waals surface area (Å²) in [5, 5.41) is 4.06.